The van der Waals surface area contributed by atoms with Crippen molar-refractivity contribution >= 4 is 47.4 Å². The van der Waals surface area contributed by atoms with Crippen LogP contribution in [0.4, 0.5) is 0 Å². The maximum Gasteiger partial charge on any atom is 0.222 e. The van der Waals surface area contributed by atoms with Crippen molar-refractivity contribution in [1.29, 1.82) is 0 Å². The van der Waals surface area contributed by atoms with E-state index in [-0.39, 0.29) is 35.9 Å². The zero-order valence-corrected chi connectivity index (χ0v) is 21.0. The number of ether oxygens (including phenoxy) is 1. The van der Waals surface area contributed by atoms with Crippen molar-refractivity contribution in [2.24, 2.45) is 4.99 Å². The lowest BCUT2D eigenvalue weighted by Gasteiger charge is -2.31. The van der Waals surface area contributed by atoms with Gasteiger partial charge in [0.15, 0.2) is 5.96 Å². The molecule has 0 spiro atoms. The van der Waals surface area contributed by atoms with Gasteiger partial charge in [-0.3, -0.25) is 4.79 Å². The summed E-state index contributed by atoms with van der Waals surface area (Å²) in [6.45, 7) is 4.45. The molecule has 1 unspecified atom stereocenters. The fraction of sp³-hybridized carbons (Fsp3) is 0.391. The highest BCUT2D eigenvalue weighted by Gasteiger charge is 2.23. The number of carbonyl (C=O) groups is 1. The Bertz CT molecular complexity index is 893. The van der Waals surface area contributed by atoms with E-state index in [2.05, 4.69) is 16.7 Å². The molecule has 8 heteroatoms. The molecular weight excluding hydrogens is 527 g/mol. The minimum atomic E-state index is 0. The zero-order valence-electron chi connectivity index (χ0n) is 17.9. The summed E-state index contributed by atoms with van der Waals surface area (Å²) in [5, 5.41) is 7.36. The van der Waals surface area contributed by atoms with Crippen LogP contribution in [0.15, 0.2) is 53.5 Å². The quantitative estimate of drug-likeness (QED) is 0.305. The van der Waals surface area contributed by atoms with E-state index < -0.39 is 0 Å². The highest BCUT2D eigenvalue weighted by atomic mass is 127. The largest absolute Gasteiger partial charge is 0.487 e. The number of likely N-dealkylation sites (tertiary alicyclic amines) is 1. The monoisotopic (exact) mass is 556 g/mol. The Morgan fingerprint density at radius 3 is 2.61 bits per heavy atom. The molecule has 2 aromatic rings. The predicted molar refractivity (Wildman–Crippen MR) is 136 cm³/mol. The first-order valence-corrected chi connectivity index (χ1v) is 10.7. The van der Waals surface area contributed by atoms with Crippen LogP contribution in [0.1, 0.15) is 30.9 Å². The van der Waals surface area contributed by atoms with E-state index in [1.54, 1.807) is 4.90 Å². The van der Waals surface area contributed by atoms with Crippen LogP contribution in [0.5, 0.6) is 5.75 Å². The first-order valence-electron chi connectivity index (χ1n) is 10.3. The summed E-state index contributed by atoms with van der Waals surface area (Å²) in [7, 11) is 1.84. The van der Waals surface area contributed by atoms with E-state index in [0.29, 0.717) is 36.9 Å². The molecule has 1 aliphatic heterocycles. The fourth-order valence-electron chi connectivity index (χ4n) is 3.38. The van der Waals surface area contributed by atoms with Crippen LogP contribution in [-0.2, 0) is 17.9 Å². The molecule has 1 atom stereocenters. The van der Waals surface area contributed by atoms with E-state index in [9.17, 15) is 4.79 Å². The molecule has 168 valence electrons. The third-order valence-electron chi connectivity index (χ3n) is 5.06. The van der Waals surface area contributed by atoms with E-state index in [0.717, 1.165) is 30.1 Å². The molecular formula is C23H30ClIN4O2. The van der Waals surface area contributed by atoms with Crippen molar-refractivity contribution in [3.63, 3.8) is 0 Å². The molecule has 6 nitrogen and oxygen atoms in total. The number of carbonyl (C=O) groups excluding carboxylic acids is 1. The van der Waals surface area contributed by atoms with Crippen LogP contribution in [0, 0.1) is 0 Å². The van der Waals surface area contributed by atoms with Crippen molar-refractivity contribution in [1.82, 2.24) is 15.5 Å². The Balaban J connectivity index is 0.00000341. The lowest BCUT2D eigenvalue weighted by molar-refractivity contribution is -0.132. The second-order valence-electron chi connectivity index (χ2n) is 7.34. The summed E-state index contributed by atoms with van der Waals surface area (Å²) in [6, 6.07) is 15.8. The van der Waals surface area contributed by atoms with Gasteiger partial charge in [-0.15, -0.1) is 24.0 Å². The van der Waals surface area contributed by atoms with Crippen LogP contribution < -0.4 is 15.4 Å². The standard InChI is InChI=1S/C23H29ClN4O2.HI/c1-3-25-23(27-19-12-13-22(29)28(2)15-19)26-14-17-8-4-5-9-18(17)16-30-21-11-7-6-10-20(21)24;/h4-11,19H,3,12-16H2,1-2H3,(H2,25,26,27);1H. The lowest BCUT2D eigenvalue weighted by atomic mass is 10.1. The molecule has 1 saturated heterocycles. The van der Waals surface area contributed by atoms with Crippen molar-refractivity contribution in [3.8, 4) is 5.75 Å². The molecule has 2 N–H and O–H groups in total. The summed E-state index contributed by atoms with van der Waals surface area (Å²) < 4.78 is 5.91. The van der Waals surface area contributed by atoms with Gasteiger partial charge in [0, 0.05) is 32.6 Å². The number of para-hydroxylation sites is 1. The highest BCUT2D eigenvalue weighted by Crippen LogP contribution is 2.24. The molecule has 1 amide bonds. The van der Waals surface area contributed by atoms with Crippen LogP contribution >= 0.6 is 35.6 Å². The van der Waals surface area contributed by atoms with Gasteiger partial charge in [-0.1, -0.05) is 48.0 Å². The molecule has 0 aromatic heterocycles. The van der Waals surface area contributed by atoms with Crippen molar-refractivity contribution < 1.29 is 9.53 Å². The van der Waals surface area contributed by atoms with Crippen LogP contribution in [-0.4, -0.2) is 42.9 Å². The minimum absolute atomic E-state index is 0. The van der Waals surface area contributed by atoms with Crippen molar-refractivity contribution in [2.45, 2.75) is 39.0 Å². The highest BCUT2D eigenvalue weighted by molar-refractivity contribution is 14.0. The number of amides is 1. The molecule has 3 rings (SSSR count). The Labute approximate surface area is 206 Å². The van der Waals surface area contributed by atoms with Crippen molar-refractivity contribution in [3.05, 3.63) is 64.7 Å². The van der Waals surface area contributed by atoms with Gasteiger partial charge in [0.05, 0.1) is 11.6 Å². The first-order chi connectivity index (χ1) is 14.6. The molecule has 0 aliphatic carbocycles. The van der Waals surface area contributed by atoms with Gasteiger partial charge in [0.25, 0.3) is 0 Å². The number of guanidine groups is 1. The minimum Gasteiger partial charge on any atom is -0.487 e. The Kier molecular flexibility index (Phi) is 10.4. The first kappa shape index (κ1) is 25.3. The normalized spacial score (nSPS) is 16.5. The summed E-state index contributed by atoms with van der Waals surface area (Å²) in [6.07, 6.45) is 1.38. The number of rotatable bonds is 7. The van der Waals surface area contributed by atoms with Gasteiger partial charge in [-0.05, 0) is 36.6 Å². The smallest absolute Gasteiger partial charge is 0.222 e. The topological polar surface area (TPSA) is 66.0 Å². The number of benzene rings is 2. The van der Waals surface area contributed by atoms with Crippen LogP contribution in [0.25, 0.3) is 0 Å². The molecule has 1 aliphatic rings. The summed E-state index contributed by atoms with van der Waals surface area (Å²) >= 11 is 6.19. The molecule has 1 heterocycles. The van der Waals surface area contributed by atoms with Crippen LogP contribution in [0.2, 0.25) is 5.02 Å². The number of piperidine rings is 1. The third kappa shape index (κ3) is 7.57. The Morgan fingerprint density at radius 1 is 1.19 bits per heavy atom. The summed E-state index contributed by atoms with van der Waals surface area (Å²) in [5.41, 5.74) is 2.16. The lowest BCUT2D eigenvalue weighted by Crippen LogP contribution is -2.51. The van der Waals surface area contributed by atoms with E-state index >= 15 is 0 Å². The van der Waals surface area contributed by atoms with Gasteiger partial charge < -0.3 is 20.3 Å². The maximum absolute atomic E-state index is 11.7. The van der Waals surface area contributed by atoms with E-state index in [1.807, 2.05) is 56.4 Å². The number of hydrogen-bond donors (Lipinski definition) is 2. The summed E-state index contributed by atoms with van der Waals surface area (Å²) in [4.78, 5) is 18.3. The molecule has 0 bridgehead atoms. The SMILES string of the molecule is CCNC(=NCc1ccccc1COc1ccccc1Cl)NC1CCC(=O)N(C)C1.I. The van der Waals surface area contributed by atoms with Gasteiger partial charge in [-0.25, -0.2) is 4.99 Å². The van der Waals surface area contributed by atoms with E-state index in [1.165, 1.54) is 0 Å². The second kappa shape index (κ2) is 12.8. The fourth-order valence-corrected chi connectivity index (χ4v) is 3.57. The van der Waals surface area contributed by atoms with Gasteiger partial charge in [0.1, 0.15) is 12.4 Å². The number of halogens is 2. The van der Waals surface area contributed by atoms with Crippen molar-refractivity contribution in [2.75, 3.05) is 20.1 Å². The molecule has 0 saturated carbocycles. The van der Waals surface area contributed by atoms with Gasteiger partial charge in [-0.2, -0.15) is 0 Å². The van der Waals surface area contributed by atoms with E-state index in [4.69, 9.17) is 21.3 Å². The zero-order chi connectivity index (χ0) is 21.3. The number of nitrogens with one attached hydrogen (secondary N) is 2. The number of nitrogens with zero attached hydrogens (tertiary/aromatic N) is 2. The average Bonchev–Trinajstić information content (AvgIpc) is 2.75. The number of aliphatic imine (C=N–C) groups is 1. The average molecular weight is 557 g/mol. The molecule has 1 fully saturated rings. The molecule has 0 radical (unpaired) electrons. The molecule has 2 aromatic carbocycles. The Morgan fingerprint density at radius 2 is 1.90 bits per heavy atom. The number of likely N-dealkylation sites (N-methyl/N-ethyl adjacent to an activating group) is 1. The third-order valence-corrected chi connectivity index (χ3v) is 5.37. The van der Waals surface area contributed by atoms with Gasteiger partial charge in [0.2, 0.25) is 5.91 Å². The van der Waals surface area contributed by atoms with Crippen LogP contribution in [0.3, 0.4) is 0 Å². The van der Waals surface area contributed by atoms with Gasteiger partial charge >= 0.3 is 0 Å². The molecule has 31 heavy (non-hydrogen) atoms. The second-order valence-corrected chi connectivity index (χ2v) is 7.74. The predicted octanol–water partition coefficient (Wildman–Crippen LogP) is 4.21. The number of hydrogen-bond acceptors (Lipinski definition) is 3. The summed E-state index contributed by atoms with van der Waals surface area (Å²) in [5.74, 6) is 1.62. The Hall–Kier alpha value is -2.00. The maximum atomic E-state index is 11.7.